The number of benzene rings is 2. The van der Waals surface area contributed by atoms with E-state index in [0.29, 0.717) is 16.8 Å². The number of halogens is 1. The fourth-order valence-corrected chi connectivity index (χ4v) is 2.31. The number of hydrogen-bond donors (Lipinski definition) is 3. The van der Waals surface area contributed by atoms with Gasteiger partial charge in [0.05, 0.1) is 11.4 Å². The van der Waals surface area contributed by atoms with Crippen molar-refractivity contribution in [2.75, 3.05) is 29.0 Å². The Morgan fingerprint density at radius 1 is 1.10 bits per heavy atom. The number of hydrogen-bond acceptors (Lipinski definition) is 3. The van der Waals surface area contributed by atoms with E-state index < -0.39 is 0 Å². The Hall–Kier alpha value is -2.56. The molecule has 1 heterocycles. The molecule has 2 aromatic carbocycles. The lowest BCUT2D eigenvalue weighted by atomic mass is 10.1. The predicted molar refractivity (Wildman–Crippen MR) is 82.5 cm³/mol. The number of aryl methyl sites for hydroxylation is 1. The van der Waals surface area contributed by atoms with E-state index in [9.17, 15) is 9.18 Å². The Kier molecular flexibility index (Phi) is 3.48. The molecule has 0 fully saturated rings. The van der Waals surface area contributed by atoms with Crippen LogP contribution in [0.5, 0.6) is 0 Å². The number of anilines is 3. The van der Waals surface area contributed by atoms with E-state index in [1.807, 2.05) is 12.1 Å². The third-order valence-corrected chi connectivity index (χ3v) is 3.45. The van der Waals surface area contributed by atoms with Crippen LogP contribution in [0.2, 0.25) is 0 Å². The second-order valence-corrected chi connectivity index (χ2v) is 5.03. The third-order valence-electron chi connectivity index (χ3n) is 3.45. The summed E-state index contributed by atoms with van der Waals surface area (Å²) in [5, 5.41) is 9.28. The summed E-state index contributed by atoms with van der Waals surface area (Å²) < 4.78 is 13.2. The standard InChI is InChI=1S/C16H16FN3O/c1-10-8-12(3-4-13(10)17)20-16(21)11-2-5-14-15(9-11)19-7-6-18-14/h2-5,8-9,18-19H,6-7H2,1H3,(H,20,21). The van der Waals surface area contributed by atoms with Crippen LogP contribution in [0, 0.1) is 12.7 Å². The minimum absolute atomic E-state index is 0.212. The molecule has 0 aromatic heterocycles. The molecule has 0 aliphatic carbocycles. The molecule has 3 N–H and O–H groups in total. The first-order chi connectivity index (χ1) is 10.1. The van der Waals surface area contributed by atoms with Crippen molar-refractivity contribution in [2.45, 2.75) is 6.92 Å². The van der Waals surface area contributed by atoms with Crippen LogP contribution >= 0.6 is 0 Å². The van der Waals surface area contributed by atoms with Crippen LogP contribution in [0.25, 0.3) is 0 Å². The zero-order valence-electron chi connectivity index (χ0n) is 11.7. The summed E-state index contributed by atoms with van der Waals surface area (Å²) >= 11 is 0. The van der Waals surface area contributed by atoms with Crippen molar-refractivity contribution >= 4 is 23.0 Å². The SMILES string of the molecule is Cc1cc(NC(=O)c2ccc3c(c2)NCCN3)ccc1F. The minimum atomic E-state index is -0.281. The van der Waals surface area contributed by atoms with Gasteiger partial charge in [-0.2, -0.15) is 0 Å². The number of rotatable bonds is 2. The van der Waals surface area contributed by atoms with Crippen LogP contribution in [-0.4, -0.2) is 19.0 Å². The van der Waals surface area contributed by atoms with Crippen LogP contribution in [0.4, 0.5) is 21.5 Å². The Morgan fingerprint density at radius 2 is 1.86 bits per heavy atom. The first-order valence-corrected chi connectivity index (χ1v) is 6.83. The molecule has 1 aliphatic rings. The van der Waals surface area contributed by atoms with Gasteiger partial charge in [0.15, 0.2) is 0 Å². The van der Waals surface area contributed by atoms with Gasteiger partial charge in [0.1, 0.15) is 5.82 Å². The van der Waals surface area contributed by atoms with E-state index in [0.717, 1.165) is 24.5 Å². The van der Waals surface area contributed by atoms with Crippen LogP contribution in [0.3, 0.4) is 0 Å². The number of nitrogens with one attached hydrogen (secondary N) is 3. The van der Waals surface area contributed by atoms with Gasteiger partial charge >= 0.3 is 0 Å². The van der Waals surface area contributed by atoms with Gasteiger partial charge in [-0.05, 0) is 48.9 Å². The normalized spacial score (nSPS) is 12.9. The predicted octanol–water partition coefficient (Wildman–Crippen LogP) is 3.22. The number of fused-ring (bicyclic) bond motifs is 1. The quantitative estimate of drug-likeness (QED) is 0.794. The summed E-state index contributed by atoms with van der Waals surface area (Å²) in [6.45, 7) is 3.36. The molecule has 0 saturated heterocycles. The molecular weight excluding hydrogens is 269 g/mol. The molecule has 0 bridgehead atoms. The lowest BCUT2D eigenvalue weighted by Gasteiger charge is -2.20. The van der Waals surface area contributed by atoms with Crippen molar-refractivity contribution in [3.63, 3.8) is 0 Å². The molecule has 108 valence electrons. The van der Waals surface area contributed by atoms with Crippen molar-refractivity contribution in [3.05, 3.63) is 53.3 Å². The van der Waals surface area contributed by atoms with Gasteiger partial charge in [-0.25, -0.2) is 4.39 Å². The highest BCUT2D eigenvalue weighted by Gasteiger charge is 2.12. The van der Waals surface area contributed by atoms with Gasteiger partial charge in [0, 0.05) is 24.3 Å². The molecule has 3 rings (SSSR count). The lowest BCUT2D eigenvalue weighted by molar-refractivity contribution is 0.102. The molecule has 1 amide bonds. The van der Waals surface area contributed by atoms with Crippen LogP contribution < -0.4 is 16.0 Å². The zero-order chi connectivity index (χ0) is 14.8. The molecule has 21 heavy (non-hydrogen) atoms. The average molecular weight is 285 g/mol. The van der Waals surface area contributed by atoms with Crippen LogP contribution in [0.1, 0.15) is 15.9 Å². The van der Waals surface area contributed by atoms with Gasteiger partial charge in [-0.1, -0.05) is 0 Å². The van der Waals surface area contributed by atoms with E-state index in [1.165, 1.54) is 6.07 Å². The van der Waals surface area contributed by atoms with Crippen molar-refractivity contribution in [1.29, 1.82) is 0 Å². The maximum absolute atomic E-state index is 13.2. The van der Waals surface area contributed by atoms with E-state index in [1.54, 1.807) is 25.1 Å². The van der Waals surface area contributed by atoms with E-state index in [-0.39, 0.29) is 11.7 Å². The van der Waals surface area contributed by atoms with Gasteiger partial charge in [-0.3, -0.25) is 4.79 Å². The molecule has 1 aliphatic heterocycles. The maximum Gasteiger partial charge on any atom is 0.255 e. The van der Waals surface area contributed by atoms with E-state index >= 15 is 0 Å². The molecule has 0 unspecified atom stereocenters. The number of carbonyl (C=O) groups is 1. The second-order valence-electron chi connectivity index (χ2n) is 5.03. The second kappa shape index (κ2) is 5.44. The first kappa shape index (κ1) is 13.4. The first-order valence-electron chi connectivity index (χ1n) is 6.83. The molecule has 4 nitrogen and oxygen atoms in total. The summed E-state index contributed by atoms with van der Waals surface area (Å²) in [5.41, 5.74) is 3.57. The minimum Gasteiger partial charge on any atom is -0.382 e. The highest BCUT2D eigenvalue weighted by atomic mass is 19.1. The Bertz CT molecular complexity index is 700. The highest BCUT2D eigenvalue weighted by Crippen LogP contribution is 2.25. The molecular formula is C16H16FN3O. The Morgan fingerprint density at radius 3 is 2.62 bits per heavy atom. The van der Waals surface area contributed by atoms with Gasteiger partial charge in [0.2, 0.25) is 0 Å². The fraction of sp³-hybridized carbons (Fsp3) is 0.188. The highest BCUT2D eigenvalue weighted by molar-refractivity contribution is 6.05. The Labute approximate surface area is 122 Å². The number of amides is 1. The molecule has 0 atom stereocenters. The van der Waals surface area contributed by atoms with Gasteiger partial charge < -0.3 is 16.0 Å². The van der Waals surface area contributed by atoms with Crippen LogP contribution in [0.15, 0.2) is 36.4 Å². The molecule has 5 heteroatoms. The summed E-state index contributed by atoms with van der Waals surface area (Å²) in [4.78, 5) is 12.2. The van der Waals surface area contributed by atoms with Crippen molar-refractivity contribution < 1.29 is 9.18 Å². The van der Waals surface area contributed by atoms with Crippen LogP contribution in [-0.2, 0) is 0 Å². The fourth-order valence-electron chi connectivity index (χ4n) is 2.31. The Balaban J connectivity index is 1.80. The maximum atomic E-state index is 13.2. The number of carbonyl (C=O) groups excluding carboxylic acids is 1. The zero-order valence-corrected chi connectivity index (χ0v) is 11.7. The average Bonchev–Trinajstić information content (AvgIpc) is 2.50. The summed E-state index contributed by atoms with van der Waals surface area (Å²) in [5.74, 6) is -0.492. The van der Waals surface area contributed by atoms with E-state index in [2.05, 4.69) is 16.0 Å². The monoisotopic (exact) mass is 285 g/mol. The summed E-state index contributed by atoms with van der Waals surface area (Å²) in [6.07, 6.45) is 0. The molecule has 0 spiro atoms. The smallest absolute Gasteiger partial charge is 0.255 e. The van der Waals surface area contributed by atoms with Crippen molar-refractivity contribution in [1.82, 2.24) is 0 Å². The van der Waals surface area contributed by atoms with Gasteiger partial charge in [0.25, 0.3) is 5.91 Å². The van der Waals surface area contributed by atoms with E-state index in [4.69, 9.17) is 0 Å². The lowest BCUT2D eigenvalue weighted by Crippen LogP contribution is -2.21. The third kappa shape index (κ3) is 2.81. The topological polar surface area (TPSA) is 53.2 Å². The van der Waals surface area contributed by atoms with Crippen molar-refractivity contribution in [3.8, 4) is 0 Å². The van der Waals surface area contributed by atoms with Crippen molar-refractivity contribution in [2.24, 2.45) is 0 Å². The molecule has 0 radical (unpaired) electrons. The molecule has 2 aromatic rings. The largest absolute Gasteiger partial charge is 0.382 e. The molecule has 0 saturated carbocycles. The van der Waals surface area contributed by atoms with Gasteiger partial charge in [-0.15, -0.1) is 0 Å². The summed E-state index contributed by atoms with van der Waals surface area (Å²) in [7, 11) is 0. The summed E-state index contributed by atoms with van der Waals surface area (Å²) in [6, 6.07) is 9.98.